The number of thiophene rings is 1. The van der Waals surface area contributed by atoms with E-state index in [1.165, 1.54) is 22.7 Å². The van der Waals surface area contributed by atoms with E-state index in [1.807, 2.05) is 30.3 Å². The van der Waals surface area contributed by atoms with Gasteiger partial charge < -0.3 is 0 Å². The molecule has 16 heavy (non-hydrogen) atoms. The predicted octanol–water partition coefficient (Wildman–Crippen LogP) is 3.35. The summed E-state index contributed by atoms with van der Waals surface area (Å²) in [6, 6.07) is 9.86. The molecule has 0 aliphatic rings. The molecule has 0 saturated heterocycles. The largest absolute Gasteiger partial charge is 0.287 e. The molecule has 0 saturated carbocycles. The van der Waals surface area contributed by atoms with Gasteiger partial charge in [0.1, 0.15) is 11.6 Å². The highest BCUT2D eigenvalue weighted by Gasteiger charge is 2.10. The summed E-state index contributed by atoms with van der Waals surface area (Å²) in [5.74, 6) is 0. The number of rotatable bonds is 0. The Morgan fingerprint density at radius 1 is 1.19 bits per heavy atom. The van der Waals surface area contributed by atoms with Gasteiger partial charge in [-0.25, -0.2) is 0 Å². The van der Waals surface area contributed by atoms with Crippen molar-refractivity contribution < 1.29 is 0 Å². The van der Waals surface area contributed by atoms with Gasteiger partial charge in [0.2, 0.25) is 5.43 Å². The quantitative estimate of drug-likeness (QED) is 0.607. The van der Waals surface area contributed by atoms with Gasteiger partial charge in [-0.3, -0.25) is 4.79 Å². The Morgan fingerprint density at radius 3 is 2.81 bits per heavy atom. The molecule has 0 fully saturated rings. The Labute approximate surface area is 99.0 Å². The van der Waals surface area contributed by atoms with Crippen LogP contribution in [-0.2, 0) is 0 Å². The summed E-state index contributed by atoms with van der Waals surface area (Å²) < 4.78 is 2.79. The average Bonchev–Trinajstić information content (AvgIpc) is 2.69. The summed E-state index contributed by atoms with van der Waals surface area (Å²) in [6.07, 6.45) is 0. The van der Waals surface area contributed by atoms with E-state index in [0.717, 1.165) is 14.8 Å². The standard InChI is InChI=1S/C12H5NOS2/c13-5-7-6-15-11-8-3-1-2-4-9(8)16-12(11)10(7)14/h1-4,6H. The lowest BCUT2D eigenvalue weighted by molar-refractivity contribution is 1.49. The van der Waals surface area contributed by atoms with Crippen molar-refractivity contribution in [2.24, 2.45) is 0 Å². The topological polar surface area (TPSA) is 40.9 Å². The number of hydrogen-bond donors (Lipinski definition) is 0. The fourth-order valence-electron chi connectivity index (χ4n) is 1.66. The van der Waals surface area contributed by atoms with Crippen LogP contribution in [0.3, 0.4) is 0 Å². The Balaban J connectivity index is 2.61. The van der Waals surface area contributed by atoms with E-state index >= 15 is 0 Å². The first-order valence-electron chi connectivity index (χ1n) is 4.64. The number of hydrogen-bond acceptors (Lipinski definition) is 4. The molecular weight excluding hydrogens is 238 g/mol. The summed E-state index contributed by atoms with van der Waals surface area (Å²) in [7, 11) is 0. The van der Waals surface area contributed by atoms with Crippen LogP contribution in [0.15, 0.2) is 34.4 Å². The fourth-order valence-corrected chi connectivity index (χ4v) is 3.95. The van der Waals surface area contributed by atoms with Crippen molar-refractivity contribution >= 4 is 42.2 Å². The third kappa shape index (κ3) is 1.19. The first-order valence-corrected chi connectivity index (χ1v) is 6.34. The molecule has 0 bridgehead atoms. The van der Waals surface area contributed by atoms with Crippen molar-refractivity contribution in [2.75, 3.05) is 0 Å². The maximum Gasteiger partial charge on any atom is 0.215 e. The molecule has 2 nitrogen and oxygen atoms in total. The Bertz CT molecular complexity index is 792. The van der Waals surface area contributed by atoms with Crippen LogP contribution < -0.4 is 5.43 Å². The molecular formula is C12H5NOS2. The van der Waals surface area contributed by atoms with E-state index in [-0.39, 0.29) is 11.0 Å². The van der Waals surface area contributed by atoms with E-state index in [2.05, 4.69) is 0 Å². The van der Waals surface area contributed by atoms with Crippen molar-refractivity contribution in [3.05, 3.63) is 45.4 Å². The van der Waals surface area contributed by atoms with Crippen LogP contribution in [0.25, 0.3) is 19.5 Å². The van der Waals surface area contributed by atoms with Crippen LogP contribution in [-0.4, -0.2) is 0 Å². The smallest absolute Gasteiger partial charge is 0.215 e. The number of nitriles is 1. The molecule has 0 atom stereocenters. The van der Waals surface area contributed by atoms with Crippen molar-refractivity contribution in [1.82, 2.24) is 0 Å². The van der Waals surface area contributed by atoms with Crippen molar-refractivity contribution in [2.45, 2.75) is 0 Å². The van der Waals surface area contributed by atoms with Gasteiger partial charge in [0.25, 0.3) is 0 Å². The van der Waals surface area contributed by atoms with Gasteiger partial charge in [-0.2, -0.15) is 5.26 Å². The van der Waals surface area contributed by atoms with Crippen molar-refractivity contribution in [3.63, 3.8) is 0 Å². The molecule has 3 aromatic rings. The first kappa shape index (κ1) is 9.52. The minimum atomic E-state index is -0.141. The summed E-state index contributed by atoms with van der Waals surface area (Å²) in [4.78, 5) is 11.9. The van der Waals surface area contributed by atoms with Crippen LogP contribution in [0.2, 0.25) is 0 Å². The van der Waals surface area contributed by atoms with Gasteiger partial charge in [0, 0.05) is 15.5 Å². The molecule has 2 heterocycles. The third-order valence-electron chi connectivity index (χ3n) is 2.42. The van der Waals surface area contributed by atoms with Crippen LogP contribution in [0.4, 0.5) is 0 Å². The molecule has 0 aliphatic carbocycles. The van der Waals surface area contributed by atoms with Crippen LogP contribution >= 0.6 is 22.7 Å². The summed E-state index contributed by atoms with van der Waals surface area (Å²) in [6.45, 7) is 0. The molecule has 3 rings (SSSR count). The molecule has 0 aliphatic heterocycles. The van der Waals surface area contributed by atoms with Crippen molar-refractivity contribution in [3.8, 4) is 6.07 Å². The predicted molar refractivity (Wildman–Crippen MR) is 68.2 cm³/mol. The van der Waals surface area contributed by atoms with E-state index in [4.69, 9.17) is 5.26 Å². The van der Waals surface area contributed by atoms with Gasteiger partial charge >= 0.3 is 0 Å². The number of benzene rings is 1. The molecule has 4 heteroatoms. The minimum absolute atomic E-state index is 0.141. The second-order valence-electron chi connectivity index (χ2n) is 3.35. The van der Waals surface area contributed by atoms with Gasteiger partial charge in [0.15, 0.2) is 0 Å². The number of fused-ring (bicyclic) bond motifs is 3. The monoisotopic (exact) mass is 243 g/mol. The third-order valence-corrected chi connectivity index (χ3v) is 4.73. The molecule has 0 unspecified atom stereocenters. The summed E-state index contributed by atoms with van der Waals surface area (Å²) in [5.41, 5.74) is 0.0986. The van der Waals surface area contributed by atoms with Crippen LogP contribution in [0, 0.1) is 11.3 Å². The second-order valence-corrected chi connectivity index (χ2v) is 5.28. The van der Waals surface area contributed by atoms with E-state index in [1.54, 1.807) is 5.38 Å². The van der Waals surface area contributed by atoms with E-state index in [0.29, 0.717) is 4.70 Å². The highest BCUT2D eigenvalue weighted by atomic mass is 32.1. The lowest BCUT2D eigenvalue weighted by Crippen LogP contribution is -2.01. The maximum atomic E-state index is 11.9. The zero-order valence-corrected chi connectivity index (χ0v) is 9.69. The molecule has 2 aromatic heterocycles. The average molecular weight is 243 g/mol. The highest BCUT2D eigenvalue weighted by molar-refractivity contribution is 7.31. The van der Waals surface area contributed by atoms with E-state index < -0.39 is 0 Å². The van der Waals surface area contributed by atoms with Gasteiger partial charge in [-0.1, -0.05) is 18.2 Å². The van der Waals surface area contributed by atoms with Gasteiger partial charge in [-0.15, -0.1) is 22.7 Å². The zero-order valence-electron chi connectivity index (χ0n) is 8.06. The zero-order chi connectivity index (χ0) is 11.1. The highest BCUT2D eigenvalue weighted by Crippen LogP contribution is 2.34. The Morgan fingerprint density at radius 2 is 2.00 bits per heavy atom. The van der Waals surface area contributed by atoms with Gasteiger partial charge in [0.05, 0.1) is 9.40 Å². The van der Waals surface area contributed by atoms with Crippen LogP contribution in [0.5, 0.6) is 0 Å². The van der Waals surface area contributed by atoms with Crippen LogP contribution in [0.1, 0.15) is 5.56 Å². The summed E-state index contributed by atoms with van der Waals surface area (Å²) in [5, 5.41) is 11.6. The van der Waals surface area contributed by atoms with Gasteiger partial charge in [-0.05, 0) is 6.07 Å². The Hall–Kier alpha value is -1.70. The molecule has 0 N–H and O–H groups in total. The van der Waals surface area contributed by atoms with E-state index in [9.17, 15) is 4.79 Å². The lowest BCUT2D eigenvalue weighted by atomic mass is 10.2. The molecule has 76 valence electrons. The molecule has 0 amide bonds. The number of nitrogens with zero attached hydrogens (tertiary/aromatic N) is 1. The fraction of sp³-hybridized carbons (Fsp3) is 0. The normalized spacial score (nSPS) is 10.7. The molecule has 0 radical (unpaired) electrons. The lowest BCUT2D eigenvalue weighted by Gasteiger charge is -1.89. The second kappa shape index (κ2) is 3.41. The SMILES string of the molecule is N#Cc1csc2c(sc3ccccc32)c1=O. The summed E-state index contributed by atoms with van der Waals surface area (Å²) >= 11 is 2.93. The van der Waals surface area contributed by atoms with Crippen molar-refractivity contribution in [1.29, 1.82) is 5.26 Å². The first-order chi connectivity index (χ1) is 7.81. The Kier molecular flexibility index (Phi) is 2.03. The molecule has 0 spiro atoms. The maximum absolute atomic E-state index is 11.9. The molecule has 1 aromatic carbocycles. The minimum Gasteiger partial charge on any atom is -0.287 e.